The van der Waals surface area contributed by atoms with Gasteiger partial charge in [0.15, 0.2) is 5.13 Å². The second-order valence-corrected chi connectivity index (χ2v) is 7.37. The van der Waals surface area contributed by atoms with Gasteiger partial charge in [0.1, 0.15) is 0 Å². The number of amides is 1. The number of fused-ring (bicyclic) bond motifs is 1. The molecule has 0 aliphatic rings. The Labute approximate surface area is 145 Å². The van der Waals surface area contributed by atoms with E-state index in [1.807, 2.05) is 24.4 Å². The molecule has 3 rings (SSSR count). The van der Waals surface area contributed by atoms with Gasteiger partial charge in [-0.15, -0.1) is 0 Å². The zero-order valence-electron chi connectivity index (χ0n) is 12.3. The molecule has 0 spiro atoms. The van der Waals surface area contributed by atoms with Crippen molar-refractivity contribution in [2.45, 2.75) is 26.3 Å². The number of carbonyl (C=O) groups is 1. The molecule has 2 heterocycles. The van der Waals surface area contributed by atoms with Gasteiger partial charge in [-0.25, -0.2) is 4.98 Å². The second kappa shape index (κ2) is 6.82. The van der Waals surface area contributed by atoms with Gasteiger partial charge in [-0.05, 0) is 31.5 Å². The highest BCUT2D eigenvalue weighted by molar-refractivity contribution is 7.22. The summed E-state index contributed by atoms with van der Waals surface area (Å²) in [6.45, 7) is 2.45. The van der Waals surface area contributed by atoms with Gasteiger partial charge in [0.05, 0.1) is 10.2 Å². The zero-order chi connectivity index (χ0) is 16.4. The molecule has 0 radical (unpaired) electrons. The largest absolute Gasteiger partial charge is 0.307 e. The summed E-state index contributed by atoms with van der Waals surface area (Å²) in [5.74, 6) is -0.101. The molecular formula is C15H14ClN3O2S2. The fourth-order valence-corrected chi connectivity index (χ4v) is 4.13. The number of nitrogens with zero attached hydrogens (tertiary/aromatic N) is 2. The lowest BCUT2D eigenvalue weighted by Crippen LogP contribution is -2.17. The number of benzene rings is 1. The van der Waals surface area contributed by atoms with Crippen molar-refractivity contribution in [2.75, 3.05) is 5.32 Å². The molecule has 0 saturated carbocycles. The molecule has 0 aliphatic heterocycles. The average Bonchev–Trinajstić information content (AvgIpc) is 3.03. The molecule has 1 amide bonds. The first-order chi connectivity index (χ1) is 11.0. The summed E-state index contributed by atoms with van der Waals surface area (Å²) in [7, 11) is 0. The molecule has 0 saturated heterocycles. The van der Waals surface area contributed by atoms with Crippen LogP contribution >= 0.6 is 34.3 Å². The van der Waals surface area contributed by atoms with Gasteiger partial charge in [-0.2, -0.15) is 0 Å². The number of hydrogen-bond donors (Lipinski definition) is 1. The van der Waals surface area contributed by atoms with E-state index in [4.69, 9.17) is 11.6 Å². The van der Waals surface area contributed by atoms with Crippen molar-refractivity contribution in [1.29, 1.82) is 0 Å². The third kappa shape index (κ3) is 3.80. The molecule has 23 heavy (non-hydrogen) atoms. The molecule has 0 unspecified atom stereocenters. The standard InChI is InChI=1S/C15H14ClN3O2S2/c1-9-8-22-15(21)19(9)6-2-3-13(20)18-14-17-11-5-4-10(16)7-12(11)23-14/h4-5,7-8H,2-3,6H2,1H3,(H,17,18,20). The summed E-state index contributed by atoms with van der Waals surface area (Å²) >= 11 is 8.52. The van der Waals surface area contributed by atoms with Gasteiger partial charge in [0, 0.05) is 29.1 Å². The molecule has 120 valence electrons. The maximum Gasteiger partial charge on any atom is 0.307 e. The summed E-state index contributed by atoms with van der Waals surface area (Å²) in [4.78, 5) is 28.0. The number of thiazole rings is 2. The summed E-state index contributed by atoms with van der Waals surface area (Å²) in [5, 5.41) is 5.84. The van der Waals surface area contributed by atoms with Crippen LogP contribution in [-0.2, 0) is 11.3 Å². The Bertz CT molecular complexity index is 913. The molecule has 5 nitrogen and oxygen atoms in total. The van der Waals surface area contributed by atoms with E-state index < -0.39 is 0 Å². The van der Waals surface area contributed by atoms with Crippen LogP contribution in [0.3, 0.4) is 0 Å². The molecule has 3 aromatic rings. The van der Waals surface area contributed by atoms with E-state index in [1.165, 1.54) is 22.7 Å². The molecule has 0 aliphatic carbocycles. The second-order valence-electron chi connectivity index (χ2n) is 5.08. The highest BCUT2D eigenvalue weighted by Crippen LogP contribution is 2.28. The smallest absolute Gasteiger partial charge is 0.303 e. The highest BCUT2D eigenvalue weighted by atomic mass is 35.5. The van der Waals surface area contributed by atoms with Gasteiger partial charge in [-0.3, -0.25) is 9.59 Å². The Morgan fingerprint density at radius 3 is 3.00 bits per heavy atom. The van der Waals surface area contributed by atoms with Crippen molar-refractivity contribution < 1.29 is 4.79 Å². The van der Waals surface area contributed by atoms with Crippen molar-refractivity contribution in [3.63, 3.8) is 0 Å². The first kappa shape index (κ1) is 16.2. The topological polar surface area (TPSA) is 64.0 Å². The summed E-state index contributed by atoms with van der Waals surface area (Å²) in [5.41, 5.74) is 1.75. The van der Waals surface area contributed by atoms with Crippen LogP contribution in [0.2, 0.25) is 5.02 Å². The molecule has 2 aromatic heterocycles. The predicted molar refractivity (Wildman–Crippen MR) is 95.8 cm³/mol. The minimum absolute atomic E-state index is 0.0194. The van der Waals surface area contributed by atoms with Gasteiger partial charge >= 0.3 is 4.87 Å². The maximum absolute atomic E-state index is 12.0. The van der Waals surface area contributed by atoms with Crippen molar-refractivity contribution in [2.24, 2.45) is 0 Å². The van der Waals surface area contributed by atoms with Crippen LogP contribution in [0.4, 0.5) is 5.13 Å². The molecule has 1 aromatic carbocycles. The fraction of sp³-hybridized carbons (Fsp3) is 0.267. The molecule has 0 fully saturated rings. The van der Waals surface area contributed by atoms with E-state index in [1.54, 1.807) is 10.6 Å². The average molecular weight is 368 g/mol. The Morgan fingerprint density at radius 1 is 1.43 bits per heavy atom. The summed E-state index contributed by atoms with van der Waals surface area (Å²) < 4.78 is 2.63. The number of hydrogen-bond acceptors (Lipinski definition) is 5. The van der Waals surface area contributed by atoms with Crippen LogP contribution < -0.4 is 10.2 Å². The quantitative estimate of drug-likeness (QED) is 0.743. The van der Waals surface area contributed by atoms with E-state index in [-0.39, 0.29) is 10.8 Å². The van der Waals surface area contributed by atoms with E-state index in [0.29, 0.717) is 29.5 Å². The number of aryl methyl sites for hydroxylation is 1. The van der Waals surface area contributed by atoms with Crippen molar-refractivity contribution in [1.82, 2.24) is 9.55 Å². The van der Waals surface area contributed by atoms with E-state index in [2.05, 4.69) is 10.3 Å². The first-order valence-corrected chi connectivity index (χ1v) is 9.11. The van der Waals surface area contributed by atoms with Crippen LogP contribution in [0.1, 0.15) is 18.5 Å². The molecule has 8 heteroatoms. The van der Waals surface area contributed by atoms with Gasteiger partial charge in [0.2, 0.25) is 5.91 Å². The van der Waals surface area contributed by atoms with E-state index >= 15 is 0 Å². The number of nitrogens with one attached hydrogen (secondary N) is 1. The van der Waals surface area contributed by atoms with E-state index in [0.717, 1.165) is 15.9 Å². The van der Waals surface area contributed by atoms with Crippen LogP contribution in [0.5, 0.6) is 0 Å². The normalized spacial score (nSPS) is 11.0. The predicted octanol–water partition coefficient (Wildman–Crippen LogP) is 3.90. The monoisotopic (exact) mass is 367 g/mol. The van der Waals surface area contributed by atoms with Crippen molar-refractivity contribution >= 4 is 55.5 Å². The zero-order valence-corrected chi connectivity index (χ0v) is 14.7. The Morgan fingerprint density at radius 2 is 2.26 bits per heavy atom. The van der Waals surface area contributed by atoms with Crippen LogP contribution in [-0.4, -0.2) is 15.5 Å². The van der Waals surface area contributed by atoms with Gasteiger partial charge in [-0.1, -0.05) is 34.3 Å². The van der Waals surface area contributed by atoms with Crippen LogP contribution in [0.15, 0.2) is 28.4 Å². The van der Waals surface area contributed by atoms with Gasteiger partial charge in [0.25, 0.3) is 0 Å². The molecular weight excluding hydrogens is 354 g/mol. The first-order valence-electron chi connectivity index (χ1n) is 7.04. The number of anilines is 1. The lowest BCUT2D eigenvalue weighted by atomic mass is 10.3. The Hall–Kier alpha value is -1.70. The highest BCUT2D eigenvalue weighted by Gasteiger charge is 2.09. The SMILES string of the molecule is Cc1csc(=O)n1CCCC(=O)Nc1nc2ccc(Cl)cc2s1. The third-order valence-corrected chi connectivity index (χ3v) is 5.41. The van der Waals surface area contributed by atoms with Crippen molar-refractivity contribution in [3.8, 4) is 0 Å². The lowest BCUT2D eigenvalue weighted by Gasteiger charge is -2.04. The molecule has 0 atom stereocenters. The lowest BCUT2D eigenvalue weighted by molar-refractivity contribution is -0.116. The third-order valence-electron chi connectivity index (χ3n) is 3.36. The summed E-state index contributed by atoms with van der Waals surface area (Å²) in [6.07, 6.45) is 0.957. The molecule has 0 bridgehead atoms. The van der Waals surface area contributed by atoms with Crippen LogP contribution in [0.25, 0.3) is 10.2 Å². The molecule has 1 N–H and O–H groups in total. The van der Waals surface area contributed by atoms with E-state index in [9.17, 15) is 9.59 Å². The number of carbonyl (C=O) groups excluding carboxylic acids is 1. The minimum Gasteiger partial charge on any atom is -0.303 e. The Balaban J connectivity index is 1.57. The maximum atomic E-state index is 12.0. The number of rotatable bonds is 5. The van der Waals surface area contributed by atoms with Crippen LogP contribution in [0, 0.1) is 6.92 Å². The number of halogens is 1. The fourth-order valence-electron chi connectivity index (χ4n) is 2.21. The summed E-state index contributed by atoms with van der Waals surface area (Å²) in [6, 6.07) is 5.43. The number of aromatic nitrogens is 2. The Kier molecular flexibility index (Phi) is 4.79. The minimum atomic E-state index is -0.101. The van der Waals surface area contributed by atoms with Crippen molar-refractivity contribution in [3.05, 3.63) is 44.0 Å². The van der Waals surface area contributed by atoms with Gasteiger partial charge < -0.3 is 9.88 Å².